The fourth-order valence-corrected chi connectivity index (χ4v) is 4.39. The zero-order valence-electron chi connectivity index (χ0n) is 11.2. The highest BCUT2D eigenvalue weighted by Crippen LogP contribution is 2.28. The van der Waals surface area contributed by atoms with Gasteiger partial charge >= 0.3 is 0 Å². The summed E-state index contributed by atoms with van der Waals surface area (Å²) >= 11 is 0. The molecule has 0 radical (unpaired) electrons. The van der Waals surface area contributed by atoms with E-state index in [4.69, 9.17) is 0 Å². The fraction of sp³-hybridized carbons (Fsp3) is 0.500. The molecule has 0 spiro atoms. The molecule has 2 heterocycles. The second-order valence-corrected chi connectivity index (χ2v) is 7.50. The molecule has 0 saturated carbocycles. The van der Waals surface area contributed by atoms with Crippen LogP contribution in [0.5, 0.6) is 0 Å². The second-order valence-electron chi connectivity index (χ2n) is 5.42. The summed E-state index contributed by atoms with van der Waals surface area (Å²) in [5.41, 5.74) is 1.42. The minimum absolute atomic E-state index is 0.0337. The molecule has 1 aromatic rings. The van der Waals surface area contributed by atoms with E-state index < -0.39 is 9.84 Å². The van der Waals surface area contributed by atoms with Crippen molar-refractivity contribution in [2.75, 3.05) is 24.2 Å². The smallest absolute Gasteiger partial charge is 0.228 e. The average Bonchev–Trinajstić information content (AvgIpc) is 2.75. The molecule has 2 aliphatic heterocycles. The minimum Gasteiger partial charge on any atom is -0.326 e. The molecule has 0 aromatic heterocycles. The molecular formula is C14H18N2O3S. The molecule has 6 heteroatoms. The predicted octanol–water partition coefficient (Wildman–Crippen LogP) is 0.954. The van der Waals surface area contributed by atoms with Crippen molar-refractivity contribution >= 4 is 21.4 Å². The van der Waals surface area contributed by atoms with Crippen LogP contribution in [0.3, 0.4) is 0 Å². The third-order valence-corrected chi connectivity index (χ3v) is 5.77. The minimum atomic E-state index is -3.15. The normalized spacial score (nSPS) is 24.1. The molecule has 1 saturated heterocycles. The van der Waals surface area contributed by atoms with Gasteiger partial charge in [0, 0.05) is 12.2 Å². The number of benzene rings is 1. The van der Waals surface area contributed by atoms with Crippen molar-refractivity contribution in [2.45, 2.75) is 24.2 Å². The van der Waals surface area contributed by atoms with Gasteiger partial charge in [0.1, 0.15) is 0 Å². The van der Waals surface area contributed by atoms with Crippen molar-refractivity contribution < 1.29 is 13.2 Å². The standard InChI is InChI=1S/C14H18N2O3S/c17-14(11-2-1-6-15-9-11)16-12-4-3-10-5-7-20(18,19)13(10)8-12/h3-4,8,11,15H,1-2,5-7,9H2,(H,16,17). The summed E-state index contributed by atoms with van der Waals surface area (Å²) in [6.07, 6.45) is 2.44. The largest absolute Gasteiger partial charge is 0.326 e. The number of hydrogen-bond donors (Lipinski definition) is 2. The molecular weight excluding hydrogens is 276 g/mol. The third-order valence-electron chi connectivity index (χ3n) is 3.98. The number of fused-ring (bicyclic) bond motifs is 1. The van der Waals surface area contributed by atoms with Gasteiger partial charge in [-0.05, 0) is 43.5 Å². The second kappa shape index (κ2) is 5.18. The van der Waals surface area contributed by atoms with Crippen LogP contribution in [0, 0.1) is 5.92 Å². The lowest BCUT2D eigenvalue weighted by Gasteiger charge is -2.22. The van der Waals surface area contributed by atoms with Crippen molar-refractivity contribution in [3.8, 4) is 0 Å². The summed E-state index contributed by atoms with van der Waals surface area (Å²) in [6, 6.07) is 5.17. The predicted molar refractivity (Wildman–Crippen MR) is 76.4 cm³/mol. The van der Waals surface area contributed by atoms with Gasteiger partial charge in [0.25, 0.3) is 0 Å². The molecule has 1 aromatic carbocycles. The molecule has 1 atom stereocenters. The van der Waals surface area contributed by atoms with E-state index in [0.29, 0.717) is 23.5 Å². The third kappa shape index (κ3) is 2.58. The molecule has 1 unspecified atom stereocenters. The van der Waals surface area contributed by atoms with Crippen LogP contribution in [0.4, 0.5) is 5.69 Å². The summed E-state index contributed by atoms with van der Waals surface area (Å²) in [6.45, 7) is 1.65. The highest BCUT2D eigenvalue weighted by molar-refractivity contribution is 7.91. The van der Waals surface area contributed by atoms with Gasteiger partial charge in [0.05, 0.1) is 16.6 Å². The number of carbonyl (C=O) groups is 1. The average molecular weight is 294 g/mol. The lowest BCUT2D eigenvalue weighted by molar-refractivity contribution is -0.120. The van der Waals surface area contributed by atoms with Crippen molar-refractivity contribution in [2.24, 2.45) is 5.92 Å². The van der Waals surface area contributed by atoms with Gasteiger partial charge in [-0.2, -0.15) is 0 Å². The monoisotopic (exact) mass is 294 g/mol. The van der Waals surface area contributed by atoms with Gasteiger partial charge in [-0.15, -0.1) is 0 Å². The van der Waals surface area contributed by atoms with E-state index in [9.17, 15) is 13.2 Å². The van der Waals surface area contributed by atoms with Crippen LogP contribution in [0.1, 0.15) is 18.4 Å². The number of amides is 1. The van der Waals surface area contributed by atoms with Crippen molar-refractivity contribution in [3.05, 3.63) is 23.8 Å². The number of hydrogen-bond acceptors (Lipinski definition) is 4. The lowest BCUT2D eigenvalue weighted by atomic mass is 9.99. The molecule has 1 amide bonds. The number of sulfone groups is 1. The number of piperidine rings is 1. The first-order valence-corrected chi connectivity index (χ1v) is 8.59. The first-order valence-electron chi connectivity index (χ1n) is 6.93. The molecule has 20 heavy (non-hydrogen) atoms. The van der Waals surface area contributed by atoms with Crippen LogP contribution in [0.2, 0.25) is 0 Å². The number of anilines is 1. The maximum Gasteiger partial charge on any atom is 0.228 e. The first-order chi connectivity index (χ1) is 9.56. The highest BCUT2D eigenvalue weighted by Gasteiger charge is 2.27. The summed E-state index contributed by atoms with van der Waals surface area (Å²) in [5.74, 6) is 0.105. The Hall–Kier alpha value is -1.40. The van der Waals surface area contributed by atoms with Crippen LogP contribution in [0.15, 0.2) is 23.1 Å². The summed E-state index contributed by atoms with van der Waals surface area (Å²) in [7, 11) is -3.15. The summed E-state index contributed by atoms with van der Waals surface area (Å²) < 4.78 is 23.7. The molecule has 108 valence electrons. The molecule has 3 rings (SSSR count). The Balaban J connectivity index is 1.77. The van der Waals surface area contributed by atoms with Crippen LogP contribution < -0.4 is 10.6 Å². The van der Waals surface area contributed by atoms with E-state index in [1.807, 2.05) is 0 Å². The van der Waals surface area contributed by atoms with Gasteiger partial charge in [-0.25, -0.2) is 8.42 Å². The number of nitrogens with one attached hydrogen (secondary N) is 2. The SMILES string of the molecule is O=C(Nc1ccc2c(c1)S(=O)(=O)CC2)C1CCCNC1. The Morgan fingerprint density at radius 1 is 1.35 bits per heavy atom. The Morgan fingerprint density at radius 2 is 2.20 bits per heavy atom. The molecule has 1 fully saturated rings. The Morgan fingerprint density at radius 3 is 2.95 bits per heavy atom. The van der Waals surface area contributed by atoms with Crippen molar-refractivity contribution in [3.63, 3.8) is 0 Å². The highest BCUT2D eigenvalue weighted by atomic mass is 32.2. The molecule has 5 nitrogen and oxygen atoms in total. The van der Waals surface area contributed by atoms with Gasteiger partial charge in [0.2, 0.25) is 5.91 Å². The van der Waals surface area contributed by atoms with Crippen LogP contribution in [0.25, 0.3) is 0 Å². The van der Waals surface area contributed by atoms with E-state index in [2.05, 4.69) is 10.6 Å². The Bertz CT molecular complexity index is 634. The van der Waals surface area contributed by atoms with Crippen molar-refractivity contribution in [1.82, 2.24) is 5.32 Å². The molecule has 2 aliphatic rings. The maximum atomic E-state index is 12.1. The van der Waals surface area contributed by atoms with Crippen LogP contribution in [-0.4, -0.2) is 33.2 Å². The zero-order valence-corrected chi connectivity index (χ0v) is 12.0. The van der Waals surface area contributed by atoms with Gasteiger partial charge in [-0.1, -0.05) is 6.07 Å². The van der Waals surface area contributed by atoms with Gasteiger partial charge in [0.15, 0.2) is 9.84 Å². The van der Waals surface area contributed by atoms with E-state index in [1.54, 1.807) is 18.2 Å². The van der Waals surface area contributed by atoms with E-state index in [1.165, 1.54) is 0 Å². The quantitative estimate of drug-likeness (QED) is 0.852. The number of rotatable bonds is 2. The van der Waals surface area contributed by atoms with Gasteiger partial charge in [-0.3, -0.25) is 4.79 Å². The van der Waals surface area contributed by atoms with E-state index in [-0.39, 0.29) is 17.6 Å². The summed E-state index contributed by atoms with van der Waals surface area (Å²) in [4.78, 5) is 12.5. The number of aryl methyl sites for hydroxylation is 1. The van der Waals surface area contributed by atoms with E-state index in [0.717, 1.165) is 24.9 Å². The van der Waals surface area contributed by atoms with E-state index >= 15 is 0 Å². The first kappa shape index (κ1) is 13.6. The topological polar surface area (TPSA) is 75.3 Å². The number of carbonyl (C=O) groups excluding carboxylic acids is 1. The lowest BCUT2D eigenvalue weighted by Crippen LogP contribution is -2.37. The maximum absolute atomic E-state index is 12.1. The fourth-order valence-electron chi connectivity index (χ4n) is 2.80. The molecule has 2 N–H and O–H groups in total. The summed E-state index contributed by atoms with van der Waals surface area (Å²) in [5, 5.41) is 6.04. The van der Waals surface area contributed by atoms with Crippen molar-refractivity contribution in [1.29, 1.82) is 0 Å². The zero-order chi connectivity index (χ0) is 14.2. The van der Waals surface area contributed by atoms with Crippen LogP contribution in [-0.2, 0) is 21.1 Å². The molecule has 0 aliphatic carbocycles. The van der Waals surface area contributed by atoms with Gasteiger partial charge < -0.3 is 10.6 Å². The Labute approximate surface area is 118 Å². The Kier molecular flexibility index (Phi) is 3.52. The molecule has 0 bridgehead atoms. The van der Waals surface area contributed by atoms with Crippen LogP contribution >= 0.6 is 0 Å².